The Bertz CT molecular complexity index is 619. The lowest BCUT2D eigenvalue weighted by Crippen LogP contribution is -2.18. The molecular formula is C14H17N5OS. The third kappa shape index (κ3) is 3.97. The average molecular weight is 303 g/mol. The first-order valence-corrected chi connectivity index (χ1v) is 7.51. The molecule has 7 heteroatoms. The summed E-state index contributed by atoms with van der Waals surface area (Å²) in [5.41, 5.74) is 1.28. The van der Waals surface area contributed by atoms with Crippen LogP contribution in [0.2, 0.25) is 0 Å². The van der Waals surface area contributed by atoms with Gasteiger partial charge in [-0.3, -0.25) is 0 Å². The average Bonchev–Trinajstić information content (AvgIpc) is 2.96. The first-order chi connectivity index (χ1) is 10.1. The van der Waals surface area contributed by atoms with Crippen LogP contribution >= 0.6 is 11.3 Å². The molecule has 1 unspecified atom stereocenters. The Kier molecular flexibility index (Phi) is 5.20. The molecule has 0 N–H and O–H groups in total. The summed E-state index contributed by atoms with van der Waals surface area (Å²) in [5, 5.41) is 11.7. The normalized spacial score (nSPS) is 11.9. The Morgan fingerprint density at radius 2 is 2.24 bits per heavy atom. The van der Waals surface area contributed by atoms with Crippen LogP contribution in [-0.4, -0.2) is 28.6 Å². The van der Waals surface area contributed by atoms with Crippen molar-refractivity contribution >= 4 is 17.2 Å². The Hall–Kier alpha value is -2.04. The van der Waals surface area contributed by atoms with Gasteiger partial charge in [-0.05, 0) is 13.8 Å². The first kappa shape index (κ1) is 15.4. The van der Waals surface area contributed by atoms with E-state index in [-0.39, 0.29) is 6.10 Å². The minimum absolute atomic E-state index is 0.0220. The van der Waals surface area contributed by atoms with Gasteiger partial charge >= 0.3 is 0 Å². The largest absolute Gasteiger partial charge is 0.372 e. The molecule has 0 aliphatic heterocycles. The van der Waals surface area contributed by atoms with Crippen molar-refractivity contribution in [2.24, 2.45) is 0 Å². The van der Waals surface area contributed by atoms with Crippen LogP contribution in [-0.2, 0) is 11.3 Å². The van der Waals surface area contributed by atoms with Gasteiger partial charge in [0, 0.05) is 19.0 Å². The van der Waals surface area contributed by atoms with Crippen molar-refractivity contribution in [1.29, 1.82) is 5.26 Å². The van der Waals surface area contributed by atoms with Gasteiger partial charge in [0.2, 0.25) is 0 Å². The third-order valence-electron chi connectivity index (χ3n) is 2.88. The zero-order valence-corrected chi connectivity index (χ0v) is 13.1. The molecule has 0 radical (unpaired) electrons. The molecule has 0 fully saturated rings. The van der Waals surface area contributed by atoms with Crippen molar-refractivity contribution in [3.63, 3.8) is 0 Å². The second-order valence-corrected chi connectivity index (χ2v) is 5.39. The van der Waals surface area contributed by atoms with Crippen molar-refractivity contribution in [2.45, 2.75) is 26.5 Å². The highest BCUT2D eigenvalue weighted by Crippen LogP contribution is 2.22. The van der Waals surface area contributed by atoms with Crippen molar-refractivity contribution in [3.05, 3.63) is 34.2 Å². The van der Waals surface area contributed by atoms with Gasteiger partial charge in [-0.25, -0.2) is 15.0 Å². The summed E-state index contributed by atoms with van der Waals surface area (Å²) in [6, 6.07) is 1.95. The Morgan fingerprint density at radius 3 is 2.86 bits per heavy atom. The fourth-order valence-corrected chi connectivity index (χ4v) is 2.62. The van der Waals surface area contributed by atoms with Gasteiger partial charge in [0.1, 0.15) is 23.0 Å². The number of nitriles is 1. The number of rotatable bonds is 6. The third-order valence-corrected chi connectivity index (χ3v) is 3.93. The summed E-state index contributed by atoms with van der Waals surface area (Å²) in [5.74, 6) is 0.710. The summed E-state index contributed by atoms with van der Waals surface area (Å²) in [4.78, 5) is 14.7. The minimum Gasteiger partial charge on any atom is -0.372 e. The topological polar surface area (TPSA) is 74.9 Å². The van der Waals surface area contributed by atoms with E-state index in [9.17, 15) is 0 Å². The van der Waals surface area contributed by atoms with E-state index in [1.54, 1.807) is 17.5 Å². The van der Waals surface area contributed by atoms with Crippen molar-refractivity contribution < 1.29 is 4.74 Å². The number of hydrogen-bond acceptors (Lipinski definition) is 7. The zero-order valence-electron chi connectivity index (χ0n) is 12.3. The Balaban J connectivity index is 2.02. The molecule has 0 aliphatic rings. The molecule has 2 aromatic rings. The van der Waals surface area contributed by atoms with Gasteiger partial charge in [0.05, 0.1) is 24.6 Å². The maximum absolute atomic E-state index is 8.71. The smallest absolute Gasteiger partial charge is 0.158 e. The van der Waals surface area contributed by atoms with E-state index in [4.69, 9.17) is 10.00 Å². The molecule has 0 saturated carbocycles. The van der Waals surface area contributed by atoms with Crippen LogP contribution < -0.4 is 4.90 Å². The fourth-order valence-electron chi connectivity index (χ4n) is 1.80. The fraction of sp³-hybridized carbons (Fsp3) is 0.429. The highest BCUT2D eigenvalue weighted by molar-refractivity contribution is 7.09. The van der Waals surface area contributed by atoms with Gasteiger partial charge in [0.25, 0.3) is 0 Å². The quantitative estimate of drug-likeness (QED) is 0.816. The highest BCUT2D eigenvalue weighted by Gasteiger charge is 2.12. The second-order valence-electron chi connectivity index (χ2n) is 4.50. The summed E-state index contributed by atoms with van der Waals surface area (Å²) in [7, 11) is 1.92. The van der Waals surface area contributed by atoms with Crippen LogP contribution in [0.5, 0.6) is 0 Å². The summed E-state index contributed by atoms with van der Waals surface area (Å²) in [6.07, 6.45) is 3.08. The van der Waals surface area contributed by atoms with Crippen LogP contribution in [0, 0.1) is 11.3 Å². The second kappa shape index (κ2) is 7.11. The molecule has 21 heavy (non-hydrogen) atoms. The number of thiazole rings is 1. The predicted octanol–water partition coefficient (Wildman–Crippen LogP) is 2.54. The van der Waals surface area contributed by atoms with Gasteiger partial charge in [0.15, 0.2) is 5.69 Å². The van der Waals surface area contributed by atoms with Crippen LogP contribution in [0.15, 0.2) is 17.8 Å². The number of aromatic nitrogens is 3. The first-order valence-electron chi connectivity index (χ1n) is 6.63. The molecule has 2 heterocycles. The van der Waals surface area contributed by atoms with E-state index >= 15 is 0 Å². The SMILES string of the molecule is CCOC(C)c1nc(CN(C)c2cnc(C#N)cn2)cs1. The minimum atomic E-state index is 0.0220. The van der Waals surface area contributed by atoms with Gasteiger partial charge in [-0.1, -0.05) is 0 Å². The van der Waals surface area contributed by atoms with Crippen molar-refractivity contribution in [1.82, 2.24) is 15.0 Å². The maximum Gasteiger partial charge on any atom is 0.158 e. The number of anilines is 1. The molecule has 110 valence electrons. The van der Waals surface area contributed by atoms with E-state index in [1.807, 2.05) is 37.2 Å². The summed E-state index contributed by atoms with van der Waals surface area (Å²) in [6.45, 7) is 5.29. The van der Waals surface area contributed by atoms with Gasteiger partial charge in [-0.15, -0.1) is 11.3 Å². The Labute approximate surface area is 128 Å². The van der Waals surface area contributed by atoms with Crippen molar-refractivity contribution in [3.8, 4) is 6.07 Å². The zero-order chi connectivity index (χ0) is 15.2. The molecule has 2 rings (SSSR count). The summed E-state index contributed by atoms with van der Waals surface area (Å²) >= 11 is 1.60. The van der Waals surface area contributed by atoms with E-state index < -0.39 is 0 Å². The lowest BCUT2D eigenvalue weighted by molar-refractivity contribution is 0.0761. The molecule has 0 saturated heterocycles. The van der Waals surface area contributed by atoms with Gasteiger partial charge in [-0.2, -0.15) is 5.26 Å². The molecule has 1 atom stereocenters. The molecule has 0 bridgehead atoms. The molecule has 0 spiro atoms. The molecule has 0 aromatic carbocycles. The summed E-state index contributed by atoms with van der Waals surface area (Å²) < 4.78 is 5.54. The number of ether oxygens (including phenoxy) is 1. The number of hydrogen-bond donors (Lipinski definition) is 0. The standard InChI is InChI=1S/C14H17N5OS/c1-4-20-10(2)14-18-12(9-21-14)8-19(3)13-7-16-11(5-15)6-17-13/h6-7,9-10H,4,8H2,1-3H3. The van der Waals surface area contributed by atoms with E-state index in [2.05, 4.69) is 15.0 Å². The molecule has 0 aliphatic carbocycles. The highest BCUT2D eigenvalue weighted by atomic mass is 32.1. The van der Waals surface area contributed by atoms with E-state index in [0.29, 0.717) is 24.7 Å². The molecule has 2 aromatic heterocycles. The van der Waals surface area contributed by atoms with Crippen LogP contribution in [0.4, 0.5) is 5.82 Å². The molecule has 6 nitrogen and oxygen atoms in total. The van der Waals surface area contributed by atoms with Crippen LogP contribution in [0.25, 0.3) is 0 Å². The molecule has 0 amide bonds. The van der Waals surface area contributed by atoms with E-state index in [0.717, 1.165) is 10.7 Å². The van der Waals surface area contributed by atoms with Crippen molar-refractivity contribution in [2.75, 3.05) is 18.6 Å². The van der Waals surface area contributed by atoms with Gasteiger partial charge < -0.3 is 9.64 Å². The maximum atomic E-state index is 8.71. The lowest BCUT2D eigenvalue weighted by Gasteiger charge is -2.16. The predicted molar refractivity (Wildman–Crippen MR) is 81.0 cm³/mol. The lowest BCUT2D eigenvalue weighted by atomic mass is 10.4. The molecular weight excluding hydrogens is 286 g/mol. The number of nitrogens with zero attached hydrogens (tertiary/aromatic N) is 5. The van der Waals surface area contributed by atoms with E-state index in [1.165, 1.54) is 6.20 Å². The van der Waals surface area contributed by atoms with Crippen LogP contribution in [0.1, 0.15) is 36.3 Å². The van der Waals surface area contributed by atoms with Crippen LogP contribution in [0.3, 0.4) is 0 Å². The monoisotopic (exact) mass is 303 g/mol. The Morgan fingerprint density at radius 1 is 1.43 bits per heavy atom.